The second kappa shape index (κ2) is 9.44. The van der Waals surface area contributed by atoms with Gasteiger partial charge in [-0.05, 0) is 37.5 Å². The molecule has 0 amide bonds. The van der Waals surface area contributed by atoms with E-state index >= 15 is 0 Å². The molecule has 26 heavy (non-hydrogen) atoms. The molecule has 5 nitrogen and oxygen atoms in total. The van der Waals surface area contributed by atoms with Gasteiger partial charge in [0.25, 0.3) is 0 Å². The lowest BCUT2D eigenvalue weighted by Gasteiger charge is -2.35. The van der Waals surface area contributed by atoms with Crippen molar-refractivity contribution in [2.24, 2.45) is 0 Å². The van der Waals surface area contributed by atoms with Gasteiger partial charge in [-0.25, -0.2) is 0 Å². The van der Waals surface area contributed by atoms with E-state index in [0.717, 1.165) is 5.56 Å². The Bertz CT molecular complexity index is 618. The molecular weight excluding hydrogens is 348 g/mol. The van der Waals surface area contributed by atoms with Crippen LogP contribution in [0, 0.1) is 6.92 Å². The predicted octanol–water partition coefficient (Wildman–Crippen LogP) is 4.81. The summed E-state index contributed by atoms with van der Waals surface area (Å²) in [5.74, 6) is 1.14. The number of phenolic OH excluding ortho intramolecular Hbond substituents is 1. The van der Waals surface area contributed by atoms with Gasteiger partial charge in [0, 0.05) is 18.2 Å². The van der Waals surface area contributed by atoms with E-state index in [0.29, 0.717) is 30.1 Å². The normalized spacial score (nSPS) is 12.6. The Kier molecular flexibility index (Phi) is 8.18. The van der Waals surface area contributed by atoms with E-state index in [-0.39, 0.29) is 17.6 Å². The molecule has 0 aliphatic carbocycles. The maximum absolute atomic E-state index is 10.2. The molecule has 0 bridgehead atoms. The average Bonchev–Trinajstić information content (AvgIpc) is 2.55. The molecule has 0 saturated heterocycles. The van der Waals surface area contributed by atoms with Crippen molar-refractivity contribution >= 4 is 8.32 Å². The highest BCUT2D eigenvalue weighted by atomic mass is 28.4. The van der Waals surface area contributed by atoms with Crippen molar-refractivity contribution in [1.82, 2.24) is 0 Å². The molecule has 0 spiro atoms. The first-order valence-electron chi connectivity index (χ1n) is 8.85. The van der Waals surface area contributed by atoms with Gasteiger partial charge >= 0.3 is 0 Å². The van der Waals surface area contributed by atoms with Crippen LogP contribution in [0.2, 0.25) is 18.1 Å². The van der Waals surface area contributed by atoms with Gasteiger partial charge in [0.05, 0.1) is 13.7 Å². The molecule has 0 heterocycles. The largest absolute Gasteiger partial charge is 0.504 e. The van der Waals surface area contributed by atoms with Crippen molar-refractivity contribution < 1.29 is 23.7 Å². The Morgan fingerprint density at radius 1 is 1.15 bits per heavy atom. The van der Waals surface area contributed by atoms with Crippen molar-refractivity contribution in [1.29, 1.82) is 0 Å². The molecule has 0 fully saturated rings. The van der Waals surface area contributed by atoms with Crippen molar-refractivity contribution in [3.63, 3.8) is 0 Å². The van der Waals surface area contributed by atoms with Gasteiger partial charge in [-0.15, -0.1) is 0 Å². The van der Waals surface area contributed by atoms with Crippen LogP contribution in [0.15, 0.2) is 18.2 Å². The number of benzene rings is 1. The third-order valence-electron chi connectivity index (χ3n) is 4.91. The number of ether oxygens (including phenoxy) is 3. The van der Waals surface area contributed by atoms with Crippen molar-refractivity contribution in [2.75, 3.05) is 27.6 Å². The SMILES string of the molecule is COCOc1cc(C/C=C/CO[Si](C)(C)C(C)(C)C)c(OC)c(C)c1O. The molecule has 0 saturated carbocycles. The van der Waals surface area contributed by atoms with Gasteiger partial charge in [-0.2, -0.15) is 0 Å². The van der Waals surface area contributed by atoms with E-state index in [1.807, 2.05) is 13.0 Å². The summed E-state index contributed by atoms with van der Waals surface area (Å²) in [7, 11) is 1.41. The van der Waals surface area contributed by atoms with E-state index in [1.165, 1.54) is 0 Å². The first-order valence-corrected chi connectivity index (χ1v) is 11.8. The molecule has 0 aliphatic heterocycles. The van der Waals surface area contributed by atoms with E-state index < -0.39 is 8.32 Å². The second-order valence-corrected chi connectivity index (χ2v) is 12.6. The molecule has 1 aromatic rings. The summed E-state index contributed by atoms with van der Waals surface area (Å²) >= 11 is 0. The lowest BCUT2D eigenvalue weighted by molar-refractivity contribution is 0.0490. The number of rotatable bonds is 9. The highest BCUT2D eigenvalue weighted by molar-refractivity contribution is 6.74. The summed E-state index contributed by atoms with van der Waals surface area (Å²) < 4.78 is 22.0. The molecule has 0 aliphatic rings. The second-order valence-electron chi connectivity index (χ2n) is 7.84. The number of aromatic hydroxyl groups is 1. The van der Waals surface area contributed by atoms with Crippen LogP contribution in [0.4, 0.5) is 0 Å². The van der Waals surface area contributed by atoms with Crippen LogP contribution in [0.3, 0.4) is 0 Å². The zero-order valence-electron chi connectivity index (χ0n) is 17.4. The Hall–Kier alpha value is -1.50. The fourth-order valence-electron chi connectivity index (χ4n) is 2.24. The lowest BCUT2D eigenvalue weighted by atomic mass is 10.0. The topological polar surface area (TPSA) is 57.2 Å². The van der Waals surface area contributed by atoms with Crippen LogP contribution in [-0.4, -0.2) is 41.0 Å². The molecule has 0 radical (unpaired) electrons. The van der Waals surface area contributed by atoms with Crippen LogP contribution in [0.25, 0.3) is 0 Å². The Morgan fingerprint density at radius 3 is 2.35 bits per heavy atom. The maximum atomic E-state index is 10.2. The molecule has 0 atom stereocenters. The number of phenols is 1. The Balaban J connectivity index is 2.84. The molecule has 0 aromatic heterocycles. The van der Waals surface area contributed by atoms with Crippen LogP contribution >= 0.6 is 0 Å². The van der Waals surface area contributed by atoms with Crippen LogP contribution in [0.5, 0.6) is 17.2 Å². The standard InChI is InChI=1S/C20H34O5Si/c1-15-18(21)17(24-14-22-5)13-16(19(15)23-6)11-9-10-12-25-26(7,8)20(2,3)4/h9-10,13,21H,11-12,14H2,1-8H3/b10-9+. The van der Waals surface area contributed by atoms with Crippen LogP contribution < -0.4 is 9.47 Å². The highest BCUT2D eigenvalue weighted by Gasteiger charge is 2.36. The summed E-state index contributed by atoms with van der Waals surface area (Å²) in [6, 6.07) is 1.79. The average molecular weight is 383 g/mol. The molecule has 1 N–H and O–H groups in total. The first-order chi connectivity index (χ1) is 12.0. The summed E-state index contributed by atoms with van der Waals surface area (Å²) in [6.07, 6.45) is 4.76. The minimum absolute atomic E-state index is 0.0767. The smallest absolute Gasteiger partial charge is 0.192 e. The maximum Gasteiger partial charge on any atom is 0.192 e. The zero-order valence-corrected chi connectivity index (χ0v) is 18.4. The molecule has 1 aromatic carbocycles. The molecular formula is C20H34O5Si. The first kappa shape index (κ1) is 22.5. The predicted molar refractivity (Wildman–Crippen MR) is 108 cm³/mol. The minimum Gasteiger partial charge on any atom is -0.504 e. The van der Waals surface area contributed by atoms with Gasteiger partial charge in [-0.1, -0.05) is 32.9 Å². The summed E-state index contributed by atoms with van der Waals surface area (Å²) in [5.41, 5.74) is 1.60. The number of methoxy groups -OCH3 is 2. The van der Waals surface area contributed by atoms with Gasteiger partial charge in [0.2, 0.25) is 0 Å². The number of allylic oxidation sites excluding steroid dienone is 1. The van der Waals surface area contributed by atoms with Gasteiger partial charge in [0.1, 0.15) is 5.75 Å². The van der Waals surface area contributed by atoms with Crippen molar-refractivity contribution in [3.8, 4) is 17.2 Å². The van der Waals surface area contributed by atoms with Gasteiger partial charge < -0.3 is 23.7 Å². The summed E-state index contributed by atoms with van der Waals surface area (Å²) in [5, 5.41) is 10.4. The van der Waals surface area contributed by atoms with E-state index in [2.05, 4.69) is 39.9 Å². The Morgan fingerprint density at radius 2 is 1.81 bits per heavy atom. The third-order valence-corrected chi connectivity index (χ3v) is 9.41. The van der Waals surface area contributed by atoms with Gasteiger partial charge in [0.15, 0.2) is 26.6 Å². The molecule has 0 unspecified atom stereocenters. The van der Waals surface area contributed by atoms with Crippen molar-refractivity contribution in [3.05, 3.63) is 29.3 Å². The number of hydrogen-bond donors (Lipinski definition) is 1. The Labute approximate surface area is 159 Å². The molecule has 6 heteroatoms. The zero-order chi connectivity index (χ0) is 20.0. The van der Waals surface area contributed by atoms with Crippen LogP contribution in [0.1, 0.15) is 31.9 Å². The molecule has 1 rings (SSSR count). The lowest BCUT2D eigenvalue weighted by Crippen LogP contribution is -2.40. The monoisotopic (exact) mass is 382 g/mol. The third kappa shape index (κ3) is 5.76. The van der Waals surface area contributed by atoms with Crippen LogP contribution in [-0.2, 0) is 15.6 Å². The molecule has 148 valence electrons. The summed E-state index contributed by atoms with van der Waals surface area (Å²) in [4.78, 5) is 0. The minimum atomic E-state index is -1.74. The van der Waals surface area contributed by atoms with E-state index in [4.69, 9.17) is 18.6 Å². The van der Waals surface area contributed by atoms with Gasteiger partial charge in [-0.3, -0.25) is 0 Å². The van der Waals surface area contributed by atoms with Crippen molar-refractivity contribution in [2.45, 2.75) is 52.2 Å². The fraction of sp³-hybridized carbons (Fsp3) is 0.600. The van der Waals surface area contributed by atoms with E-state index in [1.54, 1.807) is 20.3 Å². The highest BCUT2D eigenvalue weighted by Crippen LogP contribution is 2.39. The summed E-state index contributed by atoms with van der Waals surface area (Å²) in [6.45, 7) is 13.7. The van der Waals surface area contributed by atoms with E-state index in [9.17, 15) is 5.11 Å². The number of hydrogen-bond acceptors (Lipinski definition) is 5. The quantitative estimate of drug-likeness (QED) is 0.377. The fourth-order valence-corrected chi connectivity index (χ4v) is 3.19.